The molecule has 7 nitrogen and oxygen atoms in total. The van der Waals surface area contributed by atoms with E-state index in [4.69, 9.17) is 11.0 Å². The number of benzene rings is 1. The highest BCUT2D eigenvalue weighted by molar-refractivity contribution is 5.99. The van der Waals surface area contributed by atoms with Crippen LogP contribution in [-0.2, 0) is 9.53 Å². The average molecular weight is 303 g/mol. The van der Waals surface area contributed by atoms with E-state index in [2.05, 4.69) is 10.1 Å². The summed E-state index contributed by atoms with van der Waals surface area (Å²) in [6, 6.07) is 7.03. The lowest BCUT2D eigenvalue weighted by Crippen LogP contribution is -2.44. The minimum absolute atomic E-state index is 0.217. The Morgan fingerprint density at radius 3 is 2.64 bits per heavy atom. The van der Waals surface area contributed by atoms with E-state index < -0.39 is 23.8 Å². The van der Waals surface area contributed by atoms with Gasteiger partial charge in [0.15, 0.2) is 0 Å². The maximum Gasteiger partial charge on any atom is 0.337 e. The van der Waals surface area contributed by atoms with Gasteiger partial charge in [-0.25, -0.2) is 4.79 Å². The quantitative estimate of drug-likeness (QED) is 0.568. The second-order valence-electron chi connectivity index (χ2n) is 4.55. The Bertz CT molecular complexity index is 607. The molecule has 2 amide bonds. The first-order chi connectivity index (χ1) is 10.5. The maximum atomic E-state index is 12.1. The summed E-state index contributed by atoms with van der Waals surface area (Å²) in [7, 11) is 1.24. The van der Waals surface area contributed by atoms with E-state index in [1.54, 1.807) is 0 Å². The Labute approximate surface area is 128 Å². The second-order valence-corrected chi connectivity index (χ2v) is 4.55. The van der Waals surface area contributed by atoms with Crippen LogP contribution >= 0.6 is 0 Å². The third-order valence-corrected chi connectivity index (χ3v) is 2.98. The van der Waals surface area contributed by atoms with Crippen LogP contribution in [0.5, 0.6) is 0 Å². The summed E-state index contributed by atoms with van der Waals surface area (Å²) >= 11 is 0. The van der Waals surface area contributed by atoms with Crippen molar-refractivity contribution in [3.63, 3.8) is 0 Å². The number of rotatable bonds is 7. The van der Waals surface area contributed by atoms with Crippen molar-refractivity contribution in [2.75, 3.05) is 7.11 Å². The molecule has 0 saturated carbocycles. The van der Waals surface area contributed by atoms with Crippen molar-refractivity contribution in [1.82, 2.24) is 5.32 Å². The number of amides is 2. The van der Waals surface area contributed by atoms with Crippen molar-refractivity contribution in [3.05, 3.63) is 35.4 Å². The van der Waals surface area contributed by atoms with Crippen LogP contribution in [0.2, 0.25) is 0 Å². The maximum absolute atomic E-state index is 12.1. The van der Waals surface area contributed by atoms with Crippen LogP contribution < -0.4 is 11.1 Å². The predicted octanol–water partition coefficient (Wildman–Crippen LogP) is 0.751. The number of methoxy groups -OCH3 is 1. The van der Waals surface area contributed by atoms with Gasteiger partial charge in [0.25, 0.3) is 5.91 Å². The summed E-state index contributed by atoms with van der Waals surface area (Å²) in [6.45, 7) is 0. The molecule has 0 spiro atoms. The van der Waals surface area contributed by atoms with Gasteiger partial charge in [0, 0.05) is 12.0 Å². The van der Waals surface area contributed by atoms with Crippen LogP contribution in [0.1, 0.15) is 40.0 Å². The summed E-state index contributed by atoms with van der Waals surface area (Å²) in [6.07, 6.45) is 1.01. The number of nitrogens with zero attached hydrogens (tertiary/aromatic N) is 1. The number of hydrogen-bond donors (Lipinski definition) is 2. The molecule has 0 aromatic heterocycles. The molecule has 0 heterocycles. The zero-order chi connectivity index (χ0) is 16.5. The van der Waals surface area contributed by atoms with Crippen molar-refractivity contribution in [2.24, 2.45) is 5.73 Å². The largest absolute Gasteiger partial charge is 0.465 e. The van der Waals surface area contributed by atoms with Gasteiger partial charge >= 0.3 is 5.97 Å². The number of nitrogens with two attached hydrogens (primary N) is 1. The molecule has 0 bridgehead atoms. The van der Waals surface area contributed by atoms with E-state index in [1.807, 2.05) is 6.07 Å². The number of unbranched alkanes of at least 4 members (excludes halogenated alkanes) is 1. The Balaban J connectivity index is 2.79. The first kappa shape index (κ1) is 17.2. The molecule has 7 heteroatoms. The summed E-state index contributed by atoms with van der Waals surface area (Å²) < 4.78 is 4.58. The van der Waals surface area contributed by atoms with Gasteiger partial charge in [0.2, 0.25) is 5.91 Å². The summed E-state index contributed by atoms with van der Waals surface area (Å²) in [4.78, 5) is 34.9. The molecule has 1 rings (SSSR count). The highest BCUT2D eigenvalue weighted by Crippen LogP contribution is 2.08. The first-order valence-corrected chi connectivity index (χ1v) is 6.65. The molecule has 0 aliphatic carbocycles. The number of primary amides is 1. The number of nitrogens with one attached hydrogen (secondary N) is 1. The minimum atomic E-state index is -0.859. The summed E-state index contributed by atoms with van der Waals surface area (Å²) in [5.41, 5.74) is 5.68. The fourth-order valence-corrected chi connectivity index (χ4v) is 1.82. The standard InChI is InChI=1S/C15H17N3O4/c1-22-15(21)11-6-4-5-10(9-11)14(20)18-12(13(17)19)7-2-3-8-16/h4-6,9,12H,2-3,7H2,1H3,(H2,17,19)(H,18,20)/t12-/m0/s1. The molecule has 0 aliphatic rings. The molecule has 0 saturated heterocycles. The number of esters is 1. The second kappa shape index (κ2) is 8.42. The number of nitriles is 1. The SMILES string of the molecule is COC(=O)c1cccc(C(=O)N[C@@H](CCCC#N)C(N)=O)c1. The fourth-order valence-electron chi connectivity index (χ4n) is 1.82. The summed E-state index contributed by atoms with van der Waals surface area (Å²) in [5.74, 6) is -1.75. The van der Waals surface area contributed by atoms with Gasteiger partial charge in [0.05, 0.1) is 18.7 Å². The molecule has 1 aromatic rings. The van der Waals surface area contributed by atoms with Crippen molar-refractivity contribution in [2.45, 2.75) is 25.3 Å². The topological polar surface area (TPSA) is 122 Å². The van der Waals surface area contributed by atoms with Crippen LogP contribution in [0, 0.1) is 11.3 Å². The van der Waals surface area contributed by atoms with E-state index in [0.717, 1.165) is 0 Å². The Kier molecular flexibility index (Phi) is 6.57. The lowest BCUT2D eigenvalue weighted by atomic mass is 10.1. The van der Waals surface area contributed by atoms with Gasteiger partial charge in [0.1, 0.15) is 6.04 Å². The smallest absolute Gasteiger partial charge is 0.337 e. The molecule has 116 valence electrons. The van der Waals surface area contributed by atoms with Crippen molar-refractivity contribution in [3.8, 4) is 6.07 Å². The van der Waals surface area contributed by atoms with Crippen molar-refractivity contribution >= 4 is 17.8 Å². The molecule has 1 aromatic carbocycles. The lowest BCUT2D eigenvalue weighted by molar-refractivity contribution is -0.120. The lowest BCUT2D eigenvalue weighted by Gasteiger charge is -2.15. The van der Waals surface area contributed by atoms with Gasteiger partial charge in [-0.15, -0.1) is 0 Å². The van der Waals surface area contributed by atoms with Crippen LogP contribution in [0.25, 0.3) is 0 Å². The van der Waals surface area contributed by atoms with Gasteiger partial charge in [-0.3, -0.25) is 9.59 Å². The van der Waals surface area contributed by atoms with Crippen LogP contribution in [0.15, 0.2) is 24.3 Å². The third kappa shape index (κ3) is 4.90. The summed E-state index contributed by atoms with van der Waals surface area (Å²) in [5, 5.41) is 11.0. The third-order valence-electron chi connectivity index (χ3n) is 2.98. The average Bonchev–Trinajstić information content (AvgIpc) is 2.53. The number of carbonyl (C=O) groups excluding carboxylic acids is 3. The number of ether oxygens (including phenoxy) is 1. The van der Waals surface area contributed by atoms with E-state index in [9.17, 15) is 14.4 Å². The molecular formula is C15H17N3O4. The molecule has 0 unspecified atom stereocenters. The van der Waals surface area contributed by atoms with E-state index >= 15 is 0 Å². The van der Waals surface area contributed by atoms with Gasteiger partial charge < -0.3 is 15.8 Å². The molecule has 0 radical (unpaired) electrons. The van der Waals surface area contributed by atoms with E-state index in [1.165, 1.54) is 31.4 Å². The normalized spacial score (nSPS) is 11.1. The van der Waals surface area contributed by atoms with Crippen molar-refractivity contribution < 1.29 is 19.1 Å². The molecule has 3 N–H and O–H groups in total. The molecular weight excluding hydrogens is 286 g/mol. The molecule has 1 atom stereocenters. The molecule has 22 heavy (non-hydrogen) atoms. The monoisotopic (exact) mass is 303 g/mol. The highest BCUT2D eigenvalue weighted by Gasteiger charge is 2.19. The Morgan fingerprint density at radius 2 is 2.05 bits per heavy atom. The van der Waals surface area contributed by atoms with Crippen LogP contribution in [-0.4, -0.2) is 30.9 Å². The predicted molar refractivity (Wildman–Crippen MR) is 77.7 cm³/mol. The van der Waals surface area contributed by atoms with Gasteiger partial charge in [-0.2, -0.15) is 5.26 Å². The van der Waals surface area contributed by atoms with Gasteiger partial charge in [-0.1, -0.05) is 6.07 Å². The number of carbonyl (C=O) groups is 3. The van der Waals surface area contributed by atoms with E-state index in [-0.39, 0.29) is 24.0 Å². The minimum Gasteiger partial charge on any atom is -0.465 e. The fraction of sp³-hybridized carbons (Fsp3) is 0.333. The van der Waals surface area contributed by atoms with Crippen LogP contribution in [0.4, 0.5) is 0 Å². The van der Waals surface area contributed by atoms with Gasteiger partial charge in [-0.05, 0) is 31.0 Å². The first-order valence-electron chi connectivity index (χ1n) is 6.65. The highest BCUT2D eigenvalue weighted by atomic mass is 16.5. The zero-order valence-electron chi connectivity index (χ0n) is 12.2. The zero-order valence-corrected chi connectivity index (χ0v) is 12.2. The Morgan fingerprint density at radius 1 is 1.36 bits per heavy atom. The molecule has 0 fully saturated rings. The number of hydrogen-bond acceptors (Lipinski definition) is 5. The van der Waals surface area contributed by atoms with Crippen molar-refractivity contribution in [1.29, 1.82) is 5.26 Å². The molecule has 0 aliphatic heterocycles. The van der Waals surface area contributed by atoms with E-state index in [0.29, 0.717) is 6.42 Å². The Hall–Kier alpha value is -2.88. The van der Waals surface area contributed by atoms with Crippen LogP contribution in [0.3, 0.4) is 0 Å².